The number of ether oxygens (including phenoxy) is 2. The van der Waals surface area contributed by atoms with Crippen molar-refractivity contribution in [3.05, 3.63) is 11.8 Å². The molecule has 1 atom stereocenters. The predicted octanol–water partition coefficient (Wildman–Crippen LogP) is 2.02. The van der Waals surface area contributed by atoms with Crippen LogP contribution in [0, 0.1) is 6.92 Å². The highest BCUT2D eigenvalue weighted by molar-refractivity contribution is 5.32. The normalized spacial score (nSPS) is 12.2. The first-order valence-electron chi connectivity index (χ1n) is 5.99. The van der Waals surface area contributed by atoms with E-state index < -0.39 is 0 Å². The van der Waals surface area contributed by atoms with Gasteiger partial charge in [0.2, 0.25) is 11.8 Å². The van der Waals surface area contributed by atoms with Gasteiger partial charge in [-0.25, -0.2) is 4.98 Å². The van der Waals surface area contributed by atoms with Gasteiger partial charge >= 0.3 is 0 Å². The Kier molecular flexibility index (Phi) is 5.69. The van der Waals surface area contributed by atoms with Crippen LogP contribution in [0.1, 0.15) is 26.3 Å². The molecule has 0 aliphatic rings. The molecule has 0 spiro atoms. The summed E-state index contributed by atoms with van der Waals surface area (Å²) < 4.78 is 11.0. The van der Waals surface area contributed by atoms with Crippen molar-refractivity contribution in [3.63, 3.8) is 0 Å². The van der Waals surface area contributed by atoms with Gasteiger partial charge in [-0.1, -0.05) is 0 Å². The van der Waals surface area contributed by atoms with Gasteiger partial charge in [0.05, 0.1) is 6.61 Å². The zero-order valence-electron chi connectivity index (χ0n) is 11.0. The molecule has 1 rings (SSSR count). The number of nitrogens with zero attached hydrogens (tertiary/aromatic N) is 2. The van der Waals surface area contributed by atoms with Crippen molar-refractivity contribution < 1.29 is 9.47 Å². The predicted molar refractivity (Wildman–Crippen MR) is 67.5 cm³/mol. The molecule has 1 aromatic rings. The van der Waals surface area contributed by atoms with Gasteiger partial charge in [-0.2, -0.15) is 4.98 Å². The summed E-state index contributed by atoms with van der Waals surface area (Å²) in [5, 5.41) is 3.06. The van der Waals surface area contributed by atoms with Crippen molar-refractivity contribution in [1.29, 1.82) is 0 Å². The topological polar surface area (TPSA) is 56.3 Å². The Morgan fingerprint density at radius 3 is 2.82 bits per heavy atom. The molecule has 0 bridgehead atoms. The highest BCUT2D eigenvalue weighted by Gasteiger charge is 2.09. The van der Waals surface area contributed by atoms with Crippen molar-refractivity contribution in [2.75, 3.05) is 25.1 Å². The minimum absolute atomic E-state index is 0.0157. The van der Waals surface area contributed by atoms with Crippen molar-refractivity contribution in [2.24, 2.45) is 0 Å². The summed E-state index contributed by atoms with van der Waals surface area (Å²) in [4.78, 5) is 8.47. The average Bonchev–Trinajstić information content (AvgIpc) is 2.31. The molecule has 0 aliphatic carbocycles. The second-order valence-electron chi connectivity index (χ2n) is 3.80. The molecule has 0 fully saturated rings. The number of aryl methyl sites for hydroxylation is 1. The van der Waals surface area contributed by atoms with E-state index in [0.29, 0.717) is 25.0 Å². The molecule has 0 aliphatic heterocycles. The van der Waals surface area contributed by atoms with Crippen LogP contribution in [-0.4, -0.2) is 35.8 Å². The maximum Gasteiger partial charge on any atom is 0.225 e. The van der Waals surface area contributed by atoms with E-state index in [1.165, 1.54) is 0 Å². The summed E-state index contributed by atoms with van der Waals surface area (Å²) in [6.45, 7) is 9.91. The van der Waals surface area contributed by atoms with E-state index in [9.17, 15) is 0 Å². The summed E-state index contributed by atoms with van der Waals surface area (Å²) >= 11 is 0. The van der Waals surface area contributed by atoms with Crippen LogP contribution in [-0.2, 0) is 4.74 Å². The maximum atomic E-state index is 5.72. The molecule has 0 radical (unpaired) electrons. The maximum absolute atomic E-state index is 5.72. The number of nitrogens with one attached hydrogen (secondary N) is 1. The van der Waals surface area contributed by atoms with Crippen molar-refractivity contribution in [1.82, 2.24) is 9.97 Å². The summed E-state index contributed by atoms with van der Waals surface area (Å²) in [7, 11) is 0. The fraction of sp³-hybridized carbons (Fsp3) is 0.667. The van der Waals surface area contributed by atoms with Gasteiger partial charge in [-0.15, -0.1) is 0 Å². The smallest absolute Gasteiger partial charge is 0.225 e. The van der Waals surface area contributed by atoms with Crippen LogP contribution < -0.4 is 10.1 Å². The molecular formula is C12H21N3O2. The number of aromatic nitrogens is 2. The molecule has 0 saturated carbocycles. The van der Waals surface area contributed by atoms with Gasteiger partial charge in [0.1, 0.15) is 6.10 Å². The molecule has 1 aromatic heterocycles. The third-order valence-electron chi connectivity index (χ3n) is 2.13. The third-order valence-corrected chi connectivity index (χ3v) is 2.13. The SMILES string of the molecule is CCNc1ncc(C)c(OC(C)COCC)n1. The molecule has 0 amide bonds. The monoisotopic (exact) mass is 239 g/mol. The van der Waals surface area contributed by atoms with E-state index in [1.807, 2.05) is 27.7 Å². The van der Waals surface area contributed by atoms with Gasteiger partial charge < -0.3 is 14.8 Å². The fourth-order valence-corrected chi connectivity index (χ4v) is 1.30. The number of anilines is 1. The Hall–Kier alpha value is -1.36. The summed E-state index contributed by atoms with van der Waals surface area (Å²) in [6, 6.07) is 0. The number of rotatable bonds is 7. The lowest BCUT2D eigenvalue weighted by atomic mass is 10.3. The molecule has 5 nitrogen and oxygen atoms in total. The van der Waals surface area contributed by atoms with Gasteiger partial charge in [-0.3, -0.25) is 0 Å². The minimum atomic E-state index is -0.0157. The van der Waals surface area contributed by atoms with Crippen LogP contribution in [0.15, 0.2) is 6.20 Å². The fourth-order valence-electron chi connectivity index (χ4n) is 1.30. The zero-order chi connectivity index (χ0) is 12.7. The highest BCUT2D eigenvalue weighted by Crippen LogP contribution is 2.16. The average molecular weight is 239 g/mol. The molecular weight excluding hydrogens is 218 g/mol. The van der Waals surface area contributed by atoms with E-state index in [4.69, 9.17) is 9.47 Å². The van der Waals surface area contributed by atoms with Gasteiger partial charge in [0.25, 0.3) is 0 Å². The van der Waals surface area contributed by atoms with Crippen LogP contribution >= 0.6 is 0 Å². The second kappa shape index (κ2) is 7.06. The van der Waals surface area contributed by atoms with Crippen LogP contribution in [0.3, 0.4) is 0 Å². The lowest BCUT2D eigenvalue weighted by Gasteiger charge is -2.15. The van der Waals surface area contributed by atoms with E-state index >= 15 is 0 Å². The van der Waals surface area contributed by atoms with Gasteiger partial charge in [-0.05, 0) is 27.7 Å². The summed E-state index contributed by atoms with van der Waals surface area (Å²) in [6.07, 6.45) is 1.74. The lowest BCUT2D eigenvalue weighted by molar-refractivity contribution is 0.0630. The quantitative estimate of drug-likeness (QED) is 0.789. The zero-order valence-corrected chi connectivity index (χ0v) is 11.0. The largest absolute Gasteiger partial charge is 0.472 e. The van der Waals surface area contributed by atoms with E-state index in [-0.39, 0.29) is 6.10 Å². The van der Waals surface area contributed by atoms with E-state index in [0.717, 1.165) is 12.1 Å². The van der Waals surface area contributed by atoms with Crippen LogP contribution in [0.2, 0.25) is 0 Å². The Labute approximate surface area is 103 Å². The summed E-state index contributed by atoms with van der Waals surface area (Å²) in [5.41, 5.74) is 0.926. The highest BCUT2D eigenvalue weighted by atomic mass is 16.5. The minimum Gasteiger partial charge on any atom is -0.472 e. The lowest BCUT2D eigenvalue weighted by Crippen LogP contribution is -2.20. The Balaban J connectivity index is 2.64. The van der Waals surface area contributed by atoms with Gasteiger partial charge in [0, 0.05) is 24.9 Å². The van der Waals surface area contributed by atoms with Crippen LogP contribution in [0.4, 0.5) is 5.95 Å². The Morgan fingerprint density at radius 2 is 2.18 bits per heavy atom. The van der Waals surface area contributed by atoms with E-state index in [2.05, 4.69) is 15.3 Å². The molecule has 0 saturated heterocycles. The Bertz CT molecular complexity index is 345. The Morgan fingerprint density at radius 1 is 1.41 bits per heavy atom. The van der Waals surface area contributed by atoms with Crippen LogP contribution in [0.25, 0.3) is 0 Å². The molecule has 1 heterocycles. The first-order valence-corrected chi connectivity index (χ1v) is 5.99. The number of hydrogen-bond donors (Lipinski definition) is 1. The van der Waals surface area contributed by atoms with Crippen molar-refractivity contribution in [3.8, 4) is 5.88 Å². The number of hydrogen-bond acceptors (Lipinski definition) is 5. The second-order valence-corrected chi connectivity index (χ2v) is 3.80. The molecule has 5 heteroatoms. The molecule has 1 unspecified atom stereocenters. The first kappa shape index (κ1) is 13.7. The van der Waals surface area contributed by atoms with Gasteiger partial charge in [0.15, 0.2) is 0 Å². The first-order chi connectivity index (χ1) is 8.17. The van der Waals surface area contributed by atoms with E-state index in [1.54, 1.807) is 6.20 Å². The van der Waals surface area contributed by atoms with Crippen molar-refractivity contribution in [2.45, 2.75) is 33.8 Å². The molecule has 0 aromatic carbocycles. The molecule has 1 N–H and O–H groups in total. The molecule has 96 valence electrons. The third kappa shape index (κ3) is 4.56. The van der Waals surface area contributed by atoms with Crippen LogP contribution in [0.5, 0.6) is 5.88 Å². The molecule has 17 heavy (non-hydrogen) atoms. The standard InChI is InChI=1S/C12H21N3O2/c1-5-13-12-14-7-9(3)11(15-12)17-10(4)8-16-6-2/h7,10H,5-6,8H2,1-4H3,(H,13,14,15). The summed E-state index contributed by atoms with van der Waals surface area (Å²) in [5.74, 6) is 1.21. The van der Waals surface area contributed by atoms with Crippen molar-refractivity contribution >= 4 is 5.95 Å².